The number of hydrogen-bond donors (Lipinski definition) is 0. The molecule has 0 aliphatic carbocycles. The Kier molecular flexibility index (Phi) is 4.60. The molecule has 5 heteroatoms. The van der Waals surface area contributed by atoms with Gasteiger partial charge < -0.3 is 4.74 Å². The zero-order valence-corrected chi connectivity index (χ0v) is 11.1. The van der Waals surface area contributed by atoms with Crippen molar-refractivity contribution in [1.82, 2.24) is 4.90 Å². The van der Waals surface area contributed by atoms with Crippen LogP contribution in [0.1, 0.15) is 15.9 Å². The van der Waals surface area contributed by atoms with E-state index in [1.165, 1.54) is 19.2 Å². The number of ether oxygens (including phenoxy) is 1. The maximum Gasteiger partial charge on any atom is 0.340 e. The van der Waals surface area contributed by atoms with Gasteiger partial charge in [-0.3, -0.25) is 4.90 Å². The van der Waals surface area contributed by atoms with E-state index in [9.17, 15) is 9.18 Å². The number of thioether (sulfide) groups is 1. The number of methoxy groups -OCH3 is 1. The molecule has 1 aromatic carbocycles. The highest BCUT2D eigenvalue weighted by atomic mass is 32.2. The van der Waals surface area contributed by atoms with E-state index in [4.69, 9.17) is 0 Å². The van der Waals surface area contributed by atoms with Gasteiger partial charge in [-0.1, -0.05) is 6.07 Å². The fourth-order valence-corrected chi connectivity index (χ4v) is 2.93. The van der Waals surface area contributed by atoms with Gasteiger partial charge in [0, 0.05) is 31.1 Å². The van der Waals surface area contributed by atoms with Crippen LogP contribution in [0.25, 0.3) is 0 Å². The van der Waals surface area contributed by atoms with Gasteiger partial charge in [-0.15, -0.1) is 0 Å². The third-order valence-corrected chi connectivity index (χ3v) is 3.89. The Morgan fingerprint density at radius 2 is 2.17 bits per heavy atom. The highest BCUT2D eigenvalue weighted by molar-refractivity contribution is 7.99. The van der Waals surface area contributed by atoms with Crippen molar-refractivity contribution in [3.63, 3.8) is 0 Å². The number of halogens is 1. The summed E-state index contributed by atoms with van der Waals surface area (Å²) < 4.78 is 18.2. The van der Waals surface area contributed by atoms with Crippen molar-refractivity contribution in [3.8, 4) is 0 Å². The Morgan fingerprint density at radius 3 is 2.78 bits per heavy atom. The van der Waals surface area contributed by atoms with Gasteiger partial charge >= 0.3 is 5.97 Å². The van der Waals surface area contributed by atoms with E-state index < -0.39 is 11.8 Å². The molecule has 0 atom stereocenters. The van der Waals surface area contributed by atoms with Crippen molar-refractivity contribution in [3.05, 3.63) is 35.1 Å². The predicted molar refractivity (Wildman–Crippen MR) is 70.3 cm³/mol. The molecule has 0 spiro atoms. The van der Waals surface area contributed by atoms with Gasteiger partial charge in [0.1, 0.15) is 5.82 Å². The molecular formula is C13H16FNO2S. The van der Waals surface area contributed by atoms with E-state index in [0.717, 1.165) is 36.7 Å². The summed E-state index contributed by atoms with van der Waals surface area (Å²) in [5.74, 6) is 1.12. The Hall–Kier alpha value is -1.07. The highest BCUT2D eigenvalue weighted by Crippen LogP contribution is 2.16. The largest absolute Gasteiger partial charge is 0.465 e. The van der Waals surface area contributed by atoms with Gasteiger partial charge in [-0.25, -0.2) is 9.18 Å². The fraction of sp³-hybridized carbons (Fsp3) is 0.462. The first-order chi connectivity index (χ1) is 8.70. The smallest absolute Gasteiger partial charge is 0.340 e. The monoisotopic (exact) mass is 269 g/mol. The van der Waals surface area contributed by atoms with Gasteiger partial charge in [0.05, 0.1) is 12.7 Å². The fourth-order valence-electron chi connectivity index (χ4n) is 1.95. The molecule has 0 radical (unpaired) electrons. The first kappa shape index (κ1) is 13.4. The number of carbonyl (C=O) groups excluding carboxylic acids is 1. The SMILES string of the molecule is COC(=O)c1ccc(CN2CCSCC2)cc1F. The molecule has 98 valence electrons. The van der Waals surface area contributed by atoms with Crippen molar-refractivity contribution in [2.45, 2.75) is 6.54 Å². The summed E-state index contributed by atoms with van der Waals surface area (Å²) >= 11 is 1.94. The molecule has 1 fully saturated rings. The molecule has 0 aromatic heterocycles. The lowest BCUT2D eigenvalue weighted by Gasteiger charge is -2.26. The minimum Gasteiger partial charge on any atom is -0.465 e. The van der Waals surface area contributed by atoms with Crippen molar-refractivity contribution >= 4 is 17.7 Å². The molecular weight excluding hydrogens is 253 g/mol. The predicted octanol–water partition coefficient (Wildman–Crippen LogP) is 2.16. The van der Waals surface area contributed by atoms with Crippen LogP contribution in [-0.2, 0) is 11.3 Å². The van der Waals surface area contributed by atoms with Crippen LogP contribution in [0.3, 0.4) is 0 Å². The summed E-state index contributed by atoms with van der Waals surface area (Å²) in [6, 6.07) is 4.71. The summed E-state index contributed by atoms with van der Waals surface area (Å²) in [6.07, 6.45) is 0. The van der Waals surface area contributed by atoms with Crippen molar-refractivity contribution in [1.29, 1.82) is 0 Å². The van der Waals surface area contributed by atoms with Gasteiger partial charge in [0.25, 0.3) is 0 Å². The molecule has 3 nitrogen and oxygen atoms in total. The normalized spacial score (nSPS) is 16.6. The van der Waals surface area contributed by atoms with Crippen LogP contribution >= 0.6 is 11.8 Å². The minimum atomic E-state index is -0.631. The second-order valence-electron chi connectivity index (χ2n) is 4.19. The summed E-state index contributed by atoms with van der Waals surface area (Å²) in [5, 5.41) is 0. The quantitative estimate of drug-likeness (QED) is 0.787. The number of hydrogen-bond acceptors (Lipinski definition) is 4. The van der Waals surface area contributed by atoms with Crippen molar-refractivity contribution < 1.29 is 13.9 Å². The lowest BCUT2D eigenvalue weighted by atomic mass is 10.1. The van der Waals surface area contributed by atoms with E-state index in [-0.39, 0.29) is 5.56 Å². The third-order valence-electron chi connectivity index (χ3n) is 2.95. The standard InChI is InChI=1S/C13H16FNO2S/c1-17-13(16)11-3-2-10(8-12(11)14)9-15-4-6-18-7-5-15/h2-3,8H,4-7,9H2,1H3. The minimum absolute atomic E-state index is 0.00421. The van der Waals surface area contributed by atoms with Crippen LogP contribution in [-0.4, -0.2) is 42.6 Å². The first-order valence-electron chi connectivity index (χ1n) is 5.87. The molecule has 1 heterocycles. The van der Waals surface area contributed by atoms with E-state index >= 15 is 0 Å². The van der Waals surface area contributed by atoms with E-state index in [1.807, 2.05) is 11.8 Å². The molecule has 2 rings (SSSR count). The summed E-state index contributed by atoms with van der Waals surface area (Å²) in [7, 11) is 1.25. The Balaban J connectivity index is 2.06. The molecule has 0 unspecified atom stereocenters. The number of esters is 1. The molecule has 1 saturated heterocycles. The number of nitrogens with zero attached hydrogens (tertiary/aromatic N) is 1. The molecule has 0 bridgehead atoms. The topological polar surface area (TPSA) is 29.5 Å². The maximum atomic E-state index is 13.7. The molecule has 0 amide bonds. The van der Waals surface area contributed by atoms with Crippen LogP contribution in [0.5, 0.6) is 0 Å². The summed E-state index contributed by atoms with van der Waals surface area (Å²) in [6.45, 7) is 2.80. The third kappa shape index (κ3) is 3.23. The average Bonchev–Trinajstić information content (AvgIpc) is 2.39. The van der Waals surface area contributed by atoms with Crippen molar-refractivity contribution in [2.75, 3.05) is 31.7 Å². The number of carbonyl (C=O) groups is 1. The average molecular weight is 269 g/mol. The lowest BCUT2D eigenvalue weighted by Crippen LogP contribution is -2.32. The van der Waals surface area contributed by atoms with E-state index in [1.54, 1.807) is 6.07 Å². The molecule has 1 aliphatic heterocycles. The van der Waals surface area contributed by atoms with Crippen LogP contribution < -0.4 is 0 Å². The van der Waals surface area contributed by atoms with Gasteiger partial charge in [-0.2, -0.15) is 11.8 Å². The molecule has 1 aliphatic rings. The lowest BCUT2D eigenvalue weighted by molar-refractivity contribution is 0.0595. The summed E-state index contributed by atoms with van der Waals surface area (Å²) in [5.41, 5.74) is 0.891. The molecule has 0 N–H and O–H groups in total. The van der Waals surface area contributed by atoms with Gasteiger partial charge in [-0.05, 0) is 17.7 Å². The maximum absolute atomic E-state index is 13.7. The Bertz CT molecular complexity index is 433. The molecule has 1 aromatic rings. The van der Waals surface area contributed by atoms with Crippen LogP contribution in [0, 0.1) is 5.82 Å². The number of benzene rings is 1. The second kappa shape index (κ2) is 6.20. The van der Waals surface area contributed by atoms with E-state index in [0.29, 0.717) is 0 Å². The van der Waals surface area contributed by atoms with Gasteiger partial charge in [0.15, 0.2) is 0 Å². The molecule has 0 saturated carbocycles. The highest BCUT2D eigenvalue weighted by Gasteiger charge is 2.15. The first-order valence-corrected chi connectivity index (χ1v) is 7.03. The van der Waals surface area contributed by atoms with E-state index in [2.05, 4.69) is 9.64 Å². The zero-order chi connectivity index (χ0) is 13.0. The Morgan fingerprint density at radius 1 is 1.44 bits per heavy atom. The van der Waals surface area contributed by atoms with Crippen LogP contribution in [0.2, 0.25) is 0 Å². The zero-order valence-electron chi connectivity index (χ0n) is 10.3. The van der Waals surface area contributed by atoms with Gasteiger partial charge in [0.2, 0.25) is 0 Å². The van der Waals surface area contributed by atoms with Crippen LogP contribution in [0.4, 0.5) is 4.39 Å². The number of rotatable bonds is 3. The molecule has 18 heavy (non-hydrogen) atoms. The van der Waals surface area contributed by atoms with Crippen LogP contribution in [0.15, 0.2) is 18.2 Å². The second-order valence-corrected chi connectivity index (χ2v) is 5.42. The Labute approximate surface area is 110 Å². The van der Waals surface area contributed by atoms with Crippen molar-refractivity contribution in [2.24, 2.45) is 0 Å². The summed E-state index contributed by atoms with van der Waals surface area (Å²) in [4.78, 5) is 13.6.